The molecule has 2 atom stereocenters. The number of aromatic nitrogens is 1. The van der Waals surface area contributed by atoms with Crippen molar-refractivity contribution in [1.82, 2.24) is 4.98 Å². The molecule has 142 valence electrons. The van der Waals surface area contributed by atoms with E-state index in [0.717, 1.165) is 18.7 Å². The predicted molar refractivity (Wildman–Crippen MR) is 101 cm³/mol. The van der Waals surface area contributed by atoms with Crippen LogP contribution < -0.4 is 11.1 Å². The summed E-state index contributed by atoms with van der Waals surface area (Å²) in [6.07, 6.45) is 2.48. The summed E-state index contributed by atoms with van der Waals surface area (Å²) in [7, 11) is 0. The molecule has 1 fully saturated rings. The van der Waals surface area contributed by atoms with Crippen LogP contribution in [0.1, 0.15) is 59.9 Å². The first-order valence-corrected chi connectivity index (χ1v) is 8.97. The molecule has 0 radical (unpaired) electrons. The van der Waals surface area contributed by atoms with Gasteiger partial charge in [-0.25, -0.2) is 9.78 Å². The number of nitrogens with zero attached hydrogens (tertiary/aromatic N) is 2. The monoisotopic (exact) mass is 358 g/mol. The fourth-order valence-corrected chi connectivity index (χ4v) is 4.68. The fourth-order valence-electron chi connectivity index (χ4n) is 4.68. The quantitative estimate of drug-likeness (QED) is 0.845. The van der Waals surface area contributed by atoms with Gasteiger partial charge in [0.15, 0.2) is 0 Å². The van der Waals surface area contributed by atoms with E-state index in [1.54, 1.807) is 12.3 Å². The minimum Gasteiger partial charge on any atom is -0.443 e. The van der Waals surface area contributed by atoms with Gasteiger partial charge in [0.05, 0.1) is 5.56 Å². The number of carbonyl (C=O) groups excluding carboxylic acids is 1. The average Bonchev–Trinajstić information content (AvgIpc) is 2.72. The smallest absolute Gasteiger partial charge is 0.405 e. The van der Waals surface area contributed by atoms with Crippen LogP contribution in [0.15, 0.2) is 18.3 Å². The van der Waals surface area contributed by atoms with Gasteiger partial charge in [-0.3, -0.25) is 0 Å². The summed E-state index contributed by atoms with van der Waals surface area (Å²) in [6, 6.07) is 5.64. The lowest BCUT2D eigenvalue weighted by Gasteiger charge is -2.54. The summed E-state index contributed by atoms with van der Waals surface area (Å²) in [5.41, 5.74) is 4.74. The Bertz CT molecular complexity index is 715. The number of hydrogen-bond acceptors (Lipinski definition) is 5. The summed E-state index contributed by atoms with van der Waals surface area (Å²) in [5, 5.41) is 12.4. The molecule has 0 bridgehead atoms. The van der Waals surface area contributed by atoms with Gasteiger partial charge in [0.2, 0.25) is 0 Å². The van der Waals surface area contributed by atoms with E-state index in [0.29, 0.717) is 12.1 Å². The van der Waals surface area contributed by atoms with E-state index in [-0.39, 0.29) is 16.2 Å². The van der Waals surface area contributed by atoms with Crippen LogP contribution in [0.2, 0.25) is 0 Å². The molecular weight excluding hydrogens is 328 g/mol. The fraction of sp³-hybridized carbons (Fsp3) is 0.650. The van der Waals surface area contributed by atoms with E-state index in [1.165, 1.54) is 0 Å². The molecule has 26 heavy (non-hydrogen) atoms. The molecule has 1 saturated carbocycles. The summed E-state index contributed by atoms with van der Waals surface area (Å²) in [4.78, 5) is 15.8. The van der Waals surface area contributed by atoms with Gasteiger partial charge in [-0.1, -0.05) is 34.6 Å². The second-order valence-electron chi connectivity index (χ2n) is 9.01. The molecule has 0 aromatic carbocycles. The topological polar surface area (TPSA) is 101 Å². The second kappa shape index (κ2) is 6.46. The van der Waals surface area contributed by atoms with Crippen LogP contribution in [-0.2, 0) is 4.74 Å². The number of rotatable bonds is 4. The predicted octanol–water partition coefficient (Wildman–Crippen LogP) is 4.07. The molecule has 1 aromatic heterocycles. The van der Waals surface area contributed by atoms with Crippen molar-refractivity contribution in [2.45, 2.75) is 60.0 Å². The van der Waals surface area contributed by atoms with Crippen molar-refractivity contribution in [2.24, 2.45) is 22.0 Å². The SMILES string of the molecule is CC(C)(C)[C@@]1(CNc2ccc(C#N)cn2)CC[C@@](C)(OC(N)=O)C1(C)C. The highest BCUT2D eigenvalue weighted by Crippen LogP contribution is 2.66. The van der Waals surface area contributed by atoms with Gasteiger partial charge < -0.3 is 15.8 Å². The van der Waals surface area contributed by atoms with Crippen LogP contribution >= 0.6 is 0 Å². The Morgan fingerprint density at radius 1 is 1.35 bits per heavy atom. The van der Waals surface area contributed by atoms with Gasteiger partial charge >= 0.3 is 6.09 Å². The second-order valence-corrected chi connectivity index (χ2v) is 9.01. The molecule has 2 rings (SSSR count). The van der Waals surface area contributed by atoms with Gasteiger partial charge in [-0.2, -0.15) is 5.26 Å². The highest BCUT2D eigenvalue weighted by Gasteiger charge is 2.66. The normalized spacial score (nSPS) is 27.6. The molecule has 1 amide bonds. The number of anilines is 1. The van der Waals surface area contributed by atoms with Crippen molar-refractivity contribution < 1.29 is 9.53 Å². The minimum absolute atomic E-state index is 0.0468. The van der Waals surface area contributed by atoms with Crippen molar-refractivity contribution in [1.29, 1.82) is 5.26 Å². The largest absolute Gasteiger partial charge is 0.443 e. The Labute approximate surface area is 156 Å². The Morgan fingerprint density at radius 2 is 2.00 bits per heavy atom. The molecule has 0 aliphatic heterocycles. The number of hydrogen-bond donors (Lipinski definition) is 2. The van der Waals surface area contributed by atoms with Crippen molar-refractivity contribution in [2.75, 3.05) is 11.9 Å². The lowest BCUT2D eigenvalue weighted by atomic mass is 9.52. The standard InChI is InChI=1S/C20H30N4O2/c1-17(2,3)20(13-24-15-8-7-14(11-21)12-23-15)10-9-19(6,18(20,4)5)26-16(22)25/h7-8,12H,9-10,13H2,1-6H3,(H2,22,25)(H,23,24)/t19-,20+/m1/s1. The summed E-state index contributed by atoms with van der Waals surface area (Å²) < 4.78 is 5.61. The molecule has 1 heterocycles. The van der Waals surface area contributed by atoms with Crippen LogP contribution in [0.4, 0.5) is 10.6 Å². The number of carbonyl (C=O) groups is 1. The zero-order chi connectivity index (χ0) is 19.8. The van der Waals surface area contributed by atoms with E-state index < -0.39 is 11.7 Å². The molecule has 1 aromatic rings. The Balaban J connectivity index is 2.34. The van der Waals surface area contributed by atoms with E-state index in [4.69, 9.17) is 15.7 Å². The number of nitrogens with one attached hydrogen (secondary N) is 1. The molecule has 1 aliphatic rings. The van der Waals surface area contributed by atoms with Crippen LogP contribution in [-0.4, -0.2) is 23.2 Å². The number of ether oxygens (including phenoxy) is 1. The average molecular weight is 358 g/mol. The molecule has 6 nitrogen and oxygen atoms in total. The van der Waals surface area contributed by atoms with Crippen LogP contribution in [0.5, 0.6) is 0 Å². The van der Waals surface area contributed by atoms with E-state index in [2.05, 4.69) is 51.0 Å². The Kier molecular flexibility index (Phi) is 4.97. The highest BCUT2D eigenvalue weighted by molar-refractivity contribution is 5.65. The van der Waals surface area contributed by atoms with Gasteiger partial charge in [0, 0.05) is 23.6 Å². The zero-order valence-corrected chi connectivity index (χ0v) is 16.6. The van der Waals surface area contributed by atoms with Gasteiger partial charge in [-0.05, 0) is 37.3 Å². The molecule has 0 unspecified atom stereocenters. The Morgan fingerprint density at radius 3 is 2.46 bits per heavy atom. The number of primary amides is 1. The van der Waals surface area contributed by atoms with Gasteiger partial charge in [0.1, 0.15) is 17.5 Å². The molecule has 6 heteroatoms. The van der Waals surface area contributed by atoms with Crippen LogP contribution in [0.3, 0.4) is 0 Å². The lowest BCUT2D eigenvalue weighted by Crippen LogP contribution is -2.56. The molecule has 3 N–H and O–H groups in total. The maximum Gasteiger partial charge on any atom is 0.405 e. The zero-order valence-electron chi connectivity index (χ0n) is 16.6. The first kappa shape index (κ1) is 20.0. The summed E-state index contributed by atoms with van der Waals surface area (Å²) in [6.45, 7) is 13.6. The third-order valence-electron chi connectivity index (χ3n) is 6.77. The van der Waals surface area contributed by atoms with E-state index >= 15 is 0 Å². The first-order valence-electron chi connectivity index (χ1n) is 8.97. The van der Waals surface area contributed by atoms with Crippen molar-refractivity contribution in [3.05, 3.63) is 23.9 Å². The highest BCUT2D eigenvalue weighted by atomic mass is 16.6. The maximum absolute atomic E-state index is 11.5. The van der Waals surface area contributed by atoms with Crippen LogP contribution in [0, 0.1) is 27.6 Å². The number of nitriles is 1. The number of nitrogens with two attached hydrogens (primary N) is 1. The maximum atomic E-state index is 11.5. The van der Waals surface area contributed by atoms with E-state index in [1.807, 2.05) is 13.0 Å². The molecule has 0 spiro atoms. The van der Waals surface area contributed by atoms with Crippen molar-refractivity contribution in [3.8, 4) is 6.07 Å². The lowest BCUT2D eigenvalue weighted by molar-refractivity contribution is -0.109. The minimum atomic E-state index is -0.730. The van der Waals surface area contributed by atoms with Crippen molar-refractivity contribution >= 4 is 11.9 Å². The van der Waals surface area contributed by atoms with Gasteiger partial charge in [-0.15, -0.1) is 0 Å². The first-order chi connectivity index (χ1) is 11.9. The summed E-state index contributed by atoms with van der Waals surface area (Å²) >= 11 is 0. The number of amides is 1. The van der Waals surface area contributed by atoms with E-state index in [9.17, 15) is 4.79 Å². The molecular formula is C20H30N4O2. The molecule has 0 saturated heterocycles. The van der Waals surface area contributed by atoms with Gasteiger partial charge in [0.25, 0.3) is 0 Å². The third-order valence-corrected chi connectivity index (χ3v) is 6.77. The third kappa shape index (κ3) is 3.11. The molecule has 1 aliphatic carbocycles. The number of pyridine rings is 1. The van der Waals surface area contributed by atoms with Crippen molar-refractivity contribution in [3.63, 3.8) is 0 Å². The summed E-state index contributed by atoms with van der Waals surface area (Å²) in [5.74, 6) is 0.729. The van der Waals surface area contributed by atoms with Crippen LogP contribution in [0.25, 0.3) is 0 Å². The Hall–Kier alpha value is -2.29.